The number of rotatable bonds is 12. The maximum atomic E-state index is 13.8. The Balaban J connectivity index is 1.80. The number of esters is 4. The van der Waals surface area contributed by atoms with Crippen molar-refractivity contribution in [2.24, 2.45) is 28.6 Å². The Morgan fingerprint density at radius 2 is 1.90 bits per heavy atom. The molecule has 0 radical (unpaired) electrons. The zero-order valence-corrected chi connectivity index (χ0v) is 29.5. The molecule has 2 aliphatic carbocycles. The number of carbonyl (C=O) groups excluding carboxylic acids is 5. The average molecular weight is 705 g/mol. The van der Waals surface area contributed by atoms with E-state index in [0.717, 1.165) is 12.5 Å². The standard InChI is InChI=1S/C36H48O14/c1-9-18(2)29(42)32(43)48-31-30(46-17-38)28(19(3)36-25(49-36)12-22(35(31,36)7)21-10-11-45-15-21)34(6)23(13-26(40)44-8)33(5,16-37)50-27(41)14-24(34)47-20(4)39/h10-11,15,17-18,22-25,28-31,37,42H,3,9,12-14,16H2,1-2,4-8H3/t18-,22+,23+,24+,25-,28?,29+,30-,31-,33+,34-,35-,36-/m0/s1. The quantitative estimate of drug-likeness (QED) is 0.106. The minimum Gasteiger partial charge on any atom is -0.472 e. The lowest BCUT2D eigenvalue weighted by Gasteiger charge is -2.59. The molecule has 0 aromatic carbocycles. The maximum Gasteiger partial charge on any atom is 0.335 e. The van der Waals surface area contributed by atoms with Crippen molar-refractivity contribution >= 4 is 30.3 Å². The Morgan fingerprint density at radius 1 is 1.20 bits per heavy atom. The van der Waals surface area contributed by atoms with E-state index < -0.39 is 114 Å². The Kier molecular flexibility index (Phi) is 10.1. The molecule has 4 aliphatic rings. The van der Waals surface area contributed by atoms with Gasteiger partial charge in [0.1, 0.15) is 29.5 Å². The van der Waals surface area contributed by atoms with Gasteiger partial charge in [0, 0.05) is 30.1 Å². The normalized spacial score (nSPS) is 40.2. The predicted octanol–water partition coefficient (Wildman–Crippen LogP) is 2.77. The van der Waals surface area contributed by atoms with Crippen LogP contribution in [0.5, 0.6) is 0 Å². The molecular weight excluding hydrogens is 656 g/mol. The lowest BCUT2D eigenvalue weighted by Crippen LogP contribution is -2.68. The molecule has 276 valence electrons. The van der Waals surface area contributed by atoms with Crippen molar-refractivity contribution in [3.63, 3.8) is 0 Å². The molecule has 1 unspecified atom stereocenters. The molecule has 0 bridgehead atoms. The number of furan rings is 1. The minimum atomic E-state index is -1.75. The number of cyclic esters (lactones) is 1. The molecule has 13 atom stereocenters. The van der Waals surface area contributed by atoms with Gasteiger partial charge in [0.15, 0.2) is 6.10 Å². The Bertz CT molecular complexity index is 1510. The van der Waals surface area contributed by atoms with Gasteiger partial charge >= 0.3 is 23.9 Å². The molecule has 2 N–H and O–H groups in total. The molecule has 50 heavy (non-hydrogen) atoms. The fourth-order valence-electron chi connectivity index (χ4n) is 9.56. The number of epoxide rings is 1. The van der Waals surface area contributed by atoms with Gasteiger partial charge in [0.25, 0.3) is 6.47 Å². The van der Waals surface area contributed by atoms with Crippen LogP contribution in [-0.4, -0.2) is 96.0 Å². The first-order valence-electron chi connectivity index (χ1n) is 16.9. The van der Waals surface area contributed by atoms with Gasteiger partial charge in [0.2, 0.25) is 0 Å². The summed E-state index contributed by atoms with van der Waals surface area (Å²) in [5.41, 5.74) is -4.60. The number of methoxy groups -OCH3 is 1. The van der Waals surface area contributed by atoms with Crippen LogP contribution in [0.3, 0.4) is 0 Å². The summed E-state index contributed by atoms with van der Waals surface area (Å²) in [6.07, 6.45) is -2.97. The molecule has 4 fully saturated rings. The number of carbonyl (C=O) groups is 5. The molecule has 2 saturated carbocycles. The zero-order valence-electron chi connectivity index (χ0n) is 29.5. The topological polar surface area (TPSA) is 198 Å². The van der Waals surface area contributed by atoms with Crippen molar-refractivity contribution in [3.8, 4) is 0 Å². The molecular formula is C36H48O14. The smallest absolute Gasteiger partial charge is 0.335 e. The summed E-state index contributed by atoms with van der Waals surface area (Å²) >= 11 is 0. The largest absolute Gasteiger partial charge is 0.472 e. The van der Waals surface area contributed by atoms with Crippen LogP contribution < -0.4 is 0 Å². The van der Waals surface area contributed by atoms with Crippen LogP contribution in [0.4, 0.5) is 0 Å². The van der Waals surface area contributed by atoms with Crippen LogP contribution in [0.1, 0.15) is 78.7 Å². The molecule has 0 amide bonds. The fourth-order valence-corrected chi connectivity index (χ4v) is 9.56. The Morgan fingerprint density at radius 3 is 2.46 bits per heavy atom. The second-order valence-electron chi connectivity index (χ2n) is 14.8. The lowest BCUT2D eigenvalue weighted by molar-refractivity contribution is -0.225. The third-order valence-electron chi connectivity index (χ3n) is 12.4. The monoisotopic (exact) mass is 704 g/mol. The molecule has 1 aromatic heterocycles. The molecule has 1 aromatic rings. The molecule has 14 nitrogen and oxygen atoms in total. The number of ether oxygens (including phenoxy) is 6. The molecule has 2 saturated heterocycles. The number of aliphatic hydroxyl groups is 2. The van der Waals surface area contributed by atoms with Gasteiger partial charge in [-0.05, 0) is 36.5 Å². The van der Waals surface area contributed by atoms with Gasteiger partial charge < -0.3 is 43.1 Å². The zero-order chi connectivity index (χ0) is 37.0. The van der Waals surface area contributed by atoms with E-state index in [-0.39, 0.29) is 12.4 Å². The average Bonchev–Trinajstić information content (AvgIpc) is 3.44. The van der Waals surface area contributed by atoms with Crippen LogP contribution in [0.2, 0.25) is 0 Å². The van der Waals surface area contributed by atoms with E-state index in [1.807, 2.05) is 13.8 Å². The van der Waals surface area contributed by atoms with Crippen LogP contribution in [0.25, 0.3) is 0 Å². The highest BCUT2D eigenvalue weighted by Crippen LogP contribution is 2.76. The van der Waals surface area contributed by atoms with Crippen LogP contribution in [-0.2, 0) is 52.4 Å². The van der Waals surface area contributed by atoms with E-state index in [1.165, 1.54) is 20.3 Å². The summed E-state index contributed by atoms with van der Waals surface area (Å²) in [4.78, 5) is 65.6. The van der Waals surface area contributed by atoms with Crippen LogP contribution in [0.15, 0.2) is 35.2 Å². The van der Waals surface area contributed by atoms with E-state index in [4.69, 9.17) is 32.8 Å². The van der Waals surface area contributed by atoms with Crippen molar-refractivity contribution in [3.05, 3.63) is 36.3 Å². The summed E-state index contributed by atoms with van der Waals surface area (Å²) in [7, 11) is 1.18. The van der Waals surface area contributed by atoms with Gasteiger partial charge in [-0.2, -0.15) is 0 Å². The number of aliphatic hydroxyl groups excluding tert-OH is 2. The Labute approximate surface area is 290 Å². The second kappa shape index (κ2) is 13.4. The van der Waals surface area contributed by atoms with Crippen LogP contribution in [0, 0.1) is 28.6 Å². The fraction of sp³-hybridized carbons (Fsp3) is 0.694. The number of hydrogen-bond donors (Lipinski definition) is 2. The van der Waals surface area contributed by atoms with E-state index in [0.29, 0.717) is 18.4 Å². The van der Waals surface area contributed by atoms with Crippen molar-refractivity contribution in [1.82, 2.24) is 0 Å². The summed E-state index contributed by atoms with van der Waals surface area (Å²) in [5, 5.41) is 21.8. The van der Waals surface area contributed by atoms with Gasteiger partial charge in [-0.1, -0.05) is 40.7 Å². The molecule has 2 aliphatic heterocycles. The Hall–Kier alpha value is -3.75. The van der Waals surface area contributed by atoms with E-state index in [9.17, 15) is 34.2 Å². The molecule has 14 heteroatoms. The lowest BCUT2D eigenvalue weighted by atomic mass is 9.47. The van der Waals surface area contributed by atoms with Gasteiger partial charge in [-0.3, -0.25) is 19.2 Å². The third-order valence-corrected chi connectivity index (χ3v) is 12.4. The molecule has 5 rings (SSSR count). The summed E-state index contributed by atoms with van der Waals surface area (Å²) in [6, 6.07) is 1.79. The molecule has 3 heterocycles. The predicted molar refractivity (Wildman–Crippen MR) is 171 cm³/mol. The van der Waals surface area contributed by atoms with Gasteiger partial charge in [0.05, 0.1) is 50.6 Å². The van der Waals surface area contributed by atoms with Crippen molar-refractivity contribution < 1.29 is 67.0 Å². The van der Waals surface area contributed by atoms with E-state index in [1.54, 1.807) is 26.2 Å². The van der Waals surface area contributed by atoms with Crippen molar-refractivity contribution in [2.45, 2.75) is 115 Å². The summed E-state index contributed by atoms with van der Waals surface area (Å²) in [5.74, 6) is -6.42. The van der Waals surface area contributed by atoms with Gasteiger partial charge in [-0.15, -0.1) is 0 Å². The van der Waals surface area contributed by atoms with Crippen molar-refractivity contribution in [2.75, 3.05) is 13.7 Å². The highest BCUT2D eigenvalue weighted by molar-refractivity contribution is 5.76. The first-order valence-corrected chi connectivity index (χ1v) is 16.9. The second-order valence-corrected chi connectivity index (χ2v) is 14.8. The number of hydrogen-bond acceptors (Lipinski definition) is 14. The SMILES string of the molecule is C=C1C([C@]2(C)[C@H](OC(C)=O)CC(=O)O[C@](C)(CO)[C@H]2CC(=O)OC)[C@H](OC=O)[C@H](OC(=O)[C@H](O)[C@@H](C)CC)[C@]2(C)[C@@H](c3ccoc3)C[C@@H]3O[C@@]132. The minimum absolute atomic E-state index is 0.203. The first kappa shape index (κ1) is 37.5. The molecule has 1 spiro atoms. The highest BCUT2D eigenvalue weighted by Gasteiger charge is 2.85. The van der Waals surface area contributed by atoms with E-state index in [2.05, 4.69) is 6.58 Å². The summed E-state index contributed by atoms with van der Waals surface area (Å²) < 4.78 is 41.0. The highest BCUT2D eigenvalue weighted by atomic mass is 16.6. The van der Waals surface area contributed by atoms with Gasteiger partial charge in [-0.25, -0.2) is 4.79 Å². The van der Waals surface area contributed by atoms with E-state index >= 15 is 0 Å². The van der Waals surface area contributed by atoms with Crippen LogP contribution >= 0.6 is 0 Å². The first-order chi connectivity index (χ1) is 23.5. The maximum absolute atomic E-state index is 13.8. The third kappa shape index (κ3) is 5.54. The van der Waals surface area contributed by atoms with Crippen molar-refractivity contribution in [1.29, 1.82) is 0 Å². The summed E-state index contributed by atoms with van der Waals surface area (Å²) in [6.45, 7) is 13.6.